The molecule has 0 aliphatic carbocycles. The van der Waals surface area contributed by atoms with Gasteiger partial charge in [0.2, 0.25) is 0 Å². The molecule has 11 heteroatoms. The van der Waals surface area contributed by atoms with Gasteiger partial charge in [-0.15, -0.1) is 0 Å². The molecule has 172 valence electrons. The number of nitrogens with zero attached hydrogens (tertiary/aromatic N) is 3. The lowest BCUT2D eigenvalue weighted by Gasteiger charge is -2.42. The van der Waals surface area contributed by atoms with E-state index >= 15 is 0 Å². The maximum Gasteiger partial charge on any atom is 0.291 e. The number of H-pyrrole nitrogens is 1. The number of piperidine rings is 1. The molecule has 1 aromatic carbocycles. The van der Waals surface area contributed by atoms with E-state index in [1.807, 2.05) is 23.1 Å². The molecular weight excluding hydrogens is 462 g/mol. The largest absolute Gasteiger partial charge is 0.497 e. The Labute approximate surface area is 199 Å². The van der Waals surface area contributed by atoms with Crippen LogP contribution in [0.4, 0.5) is 17.3 Å². The second-order valence-corrected chi connectivity index (χ2v) is 9.67. The number of hydrogen-bond donors (Lipinski definition) is 4. The number of hydrogen-bond acceptors (Lipinski definition) is 9. The first kappa shape index (κ1) is 21.9. The number of aromatic amines is 1. The Balaban J connectivity index is 1.29. The monoisotopic (exact) mass is 485 g/mol. The Morgan fingerprint density at radius 2 is 2.06 bits per heavy atom. The summed E-state index contributed by atoms with van der Waals surface area (Å²) in [5.74, 6) is 1.45. The van der Waals surface area contributed by atoms with Gasteiger partial charge in [0.05, 0.1) is 34.9 Å². The van der Waals surface area contributed by atoms with Crippen molar-refractivity contribution >= 4 is 40.7 Å². The first-order chi connectivity index (χ1) is 15.9. The third-order valence-electron chi connectivity index (χ3n) is 6.37. The van der Waals surface area contributed by atoms with Crippen LogP contribution in [0.5, 0.6) is 5.75 Å². The van der Waals surface area contributed by atoms with E-state index in [2.05, 4.69) is 20.3 Å². The zero-order valence-corrected chi connectivity index (χ0v) is 19.5. The number of pyridine rings is 1. The quantitative estimate of drug-likeness (QED) is 0.439. The number of halogens is 1. The van der Waals surface area contributed by atoms with Gasteiger partial charge in [-0.3, -0.25) is 4.79 Å². The highest BCUT2D eigenvalue weighted by Crippen LogP contribution is 2.46. The Morgan fingerprint density at radius 3 is 2.79 bits per heavy atom. The van der Waals surface area contributed by atoms with E-state index in [9.17, 15) is 4.79 Å². The summed E-state index contributed by atoms with van der Waals surface area (Å²) in [6.45, 7) is 1.34. The van der Waals surface area contributed by atoms with E-state index in [4.69, 9.17) is 27.8 Å². The molecule has 6 N–H and O–H groups in total. The van der Waals surface area contributed by atoms with E-state index in [-0.39, 0.29) is 23.0 Å². The lowest BCUT2D eigenvalue weighted by Crippen LogP contribution is -2.53. The van der Waals surface area contributed by atoms with E-state index in [0.717, 1.165) is 29.8 Å². The van der Waals surface area contributed by atoms with Gasteiger partial charge in [-0.2, -0.15) is 0 Å². The summed E-state index contributed by atoms with van der Waals surface area (Å²) >= 11 is 7.49. The van der Waals surface area contributed by atoms with Crippen LogP contribution in [0, 0.1) is 0 Å². The molecule has 0 saturated carbocycles. The number of benzene rings is 1. The van der Waals surface area contributed by atoms with Gasteiger partial charge in [0.1, 0.15) is 11.6 Å². The Hall–Kier alpha value is -2.95. The lowest BCUT2D eigenvalue weighted by molar-refractivity contribution is 0.322. The topological polar surface area (TPSA) is 135 Å². The first-order valence-electron chi connectivity index (χ1n) is 10.5. The molecule has 1 saturated heterocycles. The molecule has 2 aliphatic rings. The van der Waals surface area contributed by atoms with Crippen LogP contribution in [0.3, 0.4) is 0 Å². The van der Waals surface area contributed by atoms with Crippen molar-refractivity contribution < 1.29 is 4.74 Å². The predicted molar refractivity (Wildman–Crippen MR) is 130 cm³/mol. The van der Waals surface area contributed by atoms with Gasteiger partial charge in [-0.1, -0.05) is 29.4 Å². The highest BCUT2D eigenvalue weighted by Gasteiger charge is 2.46. The molecule has 4 heterocycles. The van der Waals surface area contributed by atoms with Crippen molar-refractivity contribution in [3.05, 3.63) is 57.6 Å². The van der Waals surface area contributed by atoms with Crippen molar-refractivity contribution in [1.82, 2.24) is 15.0 Å². The van der Waals surface area contributed by atoms with Crippen molar-refractivity contribution in [1.29, 1.82) is 0 Å². The zero-order valence-electron chi connectivity index (χ0n) is 18.0. The molecule has 9 nitrogen and oxygen atoms in total. The molecule has 33 heavy (non-hydrogen) atoms. The fourth-order valence-corrected chi connectivity index (χ4v) is 5.57. The number of nitrogen functional groups attached to an aromatic ring is 1. The molecular formula is C22H24ClN7O2S. The van der Waals surface area contributed by atoms with Gasteiger partial charge in [0.25, 0.3) is 5.56 Å². The van der Waals surface area contributed by atoms with Gasteiger partial charge in [-0.25, -0.2) is 9.97 Å². The number of methoxy groups -OCH3 is 1. The minimum Gasteiger partial charge on any atom is -0.497 e. The van der Waals surface area contributed by atoms with Gasteiger partial charge < -0.3 is 31.4 Å². The number of nitrogens with two attached hydrogens (primary N) is 2. The molecule has 3 aromatic rings. The third kappa shape index (κ3) is 3.88. The summed E-state index contributed by atoms with van der Waals surface area (Å²) in [5, 5.41) is 4.57. The van der Waals surface area contributed by atoms with Gasteiger partial charge in [0.15, 0.2) is 5.82 Å². The summed E-state index contributed by atoms with van der Waals surface area (Å²) in [6.07, 6.45) is 4.78. The standard InChI is InChI=1S/C22H24ClN7O2S/c1-32-12-2-3-13-14(10-12)29-22(18(13)24)5-8-30(9-6-22)20-21(31)28-16(11-27-20)33-15-4-7-26-19(25)17(15)23/h2-4,7,10-11,18,29H,5-6,8-9,24H2,1H3,(H2,25,26)(H,28,31)/t18-/m1/s1. The zero-order chi connectivity index (χ0) is 23.2. The second-order valence-electron chi connectivity index (χ2n) is 8.21. The van der Waals surface area contributed by atoms with Gasteiger partial charge in [0, 0.05) is 35.9 Å². The van der Waals surface area contributed by atoms with Gasteiger partial charge >= 0.3 is 0 Å². The summed E-state index contributed by atoms with van der Waals surface area (Å²) < 4.78 is 5.34. The SMILES string of the molecule is COc1ccc2c(c1)NC1(CCN(c3ncc(Sc4ccnc(N)c4Cl)[nH]c3=O)CC1)[C@@H]2N. The molecule has 1 spiro atoms. The smallest absolute Gasteiger partial charge is 0.291 e. The van der Waals surface area contributed by atoms with Crippen molar-refractivity contribution in [2.24, 2.45) is 5.73 Å². The normalized spacial score (nSPS) is 18.8. The van der Waals surface area contributed by atoms with E-state index < -0.39 is 0 Å². The number of ether oxygens (including phenoxy) is 1. The number of nitrogens with one attached hydrogen (secondary N) is 2. The van der Waals surface area contributed by atoms with Crippen LogP contribution in [0.2, 0.25) is 5.02 Å². The van der Waals surface area contributed by atoms with E-state index in [1.165, 1.54) is 11.8 Å². The van der Waals surface area contributed by atoms with Gasteiger partial charge in [-0.05, 0) is 30.5 Å². The summed E-state index contributed by atoms with van der Waals surface area (Å²) in [7, 11) is 1.65. The number of anilines is 3. The molecule has 2 aliphatic heterocycles. The Bertz CT molecular complexity index is 1260. The van der Waals surface area contributed by atoms with Crippen molar-refractivity contribution in [2.75, 3.05) is 36.1 Å². The highest BCUT2D eigenvalue weighted by atomic mass is 35.5. The first-order valence-corrected chi connectivity index (χ1v) is 11.7. The molecule has 0 amide bonds. The minimum atomic E-state index is -0.245. The number of aromatic nitrogens is 3. The van der Waals surface area contributed by atoms with Crippen molar-refractivity contribution in [3.8, 4) is 5.75 Å². The summed E-state index contributed by atoms with van der Waals surface area (Å²) in [4.78, 5) is 26.8. The third-order valence-corrected chi connectivity index (χ3v) is 7.87. The summed E-state index contributed by atoms with van der Waals surface area (Å²) in [6, 6.07) is 7.57. The molecule has 0 radical (unpaired) electrons. The molecule has 1 atom stereocenters. The fourth-order valence-electron chi connectivity index (χ4n) is 4.53. The van der Waals surface area contributed by atoms with Crippen LogP contribution in [0.15, 0.2) is 51.4 Å². The van der Waals surface area contributed by atoms with Crippen molar-refractivity contribution in [2.45, 2.75) is 34.3 Å². The molecule has 2 aromatic heterocycles. The molecule has 1 fully saturated rings. The van der Waals surface area contributed by atoms with Crippen LogP contribution in [-0.2, 0) is 0 Å². The van der Waals surface area contributed by atoms with Crippen LogP contribution >= 0.6 is 23.4 Å². The Kier molecular flexibility index (Phi) is 5.59. The van der Waals surface area contributed by atoms with Crippen LogP contribution in [-0.4, -0.2) is 40.7 Å². The Morgan fingerprint density at radius 1 is 1.27 bits per heavy atom. The molecule has 0 unspecified atom stereocenters. The number of rotatable bonds is 4. The summed E-state index contributed by atoms with van der Waals surface area (Å²) in [5.41, 5.74) is 14.0. The predicted octanol–water partition coefficient (Wildman–Crippen LogP) is 3.02. The van der Waals surface area contributed by atoms with E-state index in [1.54, 1.807) is 25.6 Å². The molecule has 0 bridgehead atoms. The van der Waals surface area contributed by atoms with E-state index in [0.29, 0.717) is 33.9 Å². The van der Waals surface area contributed by atoms with Crippen molar-refractivity contribution in [3.63, 3.8) is 0 Å². The lowest BCUT2D eigenvalue weighted by atomic mass is 9.81. The minimum absolute atomic E-state index is 0.122. The maximum atomic E-state index is 12.8. The number of fused-ring (bicyclic) bond motifs is 1. The van der Waals surface area contributed by atoms with Crippen LogP contribution in [0.25, 0.3) is 0 Å². The maximum absolute atomic E-state index is 12.8. The van der Waals surface area contributed by atoms with Crippen LogP contribution < -0.4 is 32.0 Å². The average molecular weight is 486 g/mol. The molecule has 5 rings (SSSR count). The van der Waals surface area contributed by atoms with Crippen LogP contribution in [0.1, 0.15) is 24.4 Å². The highest BCUT2D eigenvalue weighted by molar-refractivity contribution is 7.99. The average Bonchev–Trinajstić information content (AvgIpc) is 3.08. The second kappa shape index (κ2) is 8.44. The fraction of sp³-hybridized carbons (Fsp3) is 0.318.